The maximum Gasteiger partial charge on any atom is 0.126 e. The molecule has 1 unspecified atom stereocenters. The van der Waals surface area contributed by atoms with Gasteiger partial charge in [-0.1, -0.05) is 17.7 Å². The number of hydrogen-bond acceptors (Lipinski definition) is 3. The van der Waals surface area contributed by atoms with Crippen molar-refractivity contribution in [3.8, 4) is 5.75 Å². The highest BCUT2D eigenvalue weighted by Crippen LogP contribution is 2.29. The van der Waals surface area contributed by atoms with Crippen LogP contribution in [0.15, 0.2) is 12.1 Å². The first-order chi connectivity index (χ1) is 6.60. The van der Waals surface area contributed by atoms with Crippen molar-refractivity contribution in [2.24, 2.45) is 5.84 Å². The van der Waals surface area contributed by atoms with E-state index in [4.69, 9.17) is 10.6 Å². The van der Waals surface area contributed by atoms with E-state index in [0.29, 0.717) is 0 Å². The summed E-state index contributed by atoms with van der Waals surface area (Å²) in [6.07, 6.45) is 0. The molecule has 3 N–H and O–H groups in total. The Labute approximate surface area is 85.2 Å². The highest BCUT2D eigenvalue weighted by atomic mass is 16.5. The summed E-state index contributed by atoms with van der Waals surface area (Å²) < 4.78 is 5.36. The fourth-order valence-corrected chi connectivity index (χ4v) is 1.68. The molecule has 3 nitrogen and oxygen atoms in total. The summed E-state index contributed by atoms with van der Waals surface area (Å²) in [7, 11) is 1.68. The van der Waals surface area contributed by atoms with Crippen LogP contribution >= 0.6 is 0 Å². The molecule has 0 aliphatic carbocycles. The van der Waals surface area contributed by atoms with Gasteiger partial charge in [0.2, 0.25) is 0 Å². The second kappa shape index (κ2) is 4.44. The fraction of sp³-hybridized carbons (Fsp3) is 0.455. The lowest BCUT2D eigenvalue weighted by molar-refractivity contribution is 0.399. The molecule has 1 aromatic rings. The maximum atomic E-state index is 5.42. The zero-order chi connectivity index (χ0) is 10.7. The third-order valence-corrected chi connectivity index (χ3v) is 2.37. The van der Waals surface area contributed by atoms with E-state index >= 15 is 0 Å². The van der Waals surface area contributed by atoms with Crippen molar-refractivity contribution >= 4 is 0 Å². The molecule has 0 aromatic heterocycles. The van der Waals surface area contributed by atoms with Crippen LogP contribution in [0.1, 0.15) is 29.7 Å². The first-order valence-electron chi connectivity index (χ1n) is 4.71. The van der Waals surface area contributed by atoms with Gasteiger partial charge in [-0.2, -0.15) is 0 Å². The smallest absolute Gasteiger partial charge is 0.126 e. The van der Waals surface area contributed by atoms with E-state index in [1.54, 1.807) is 7.11 Å². The molecule has 0 spiro atoms. The number of hydrogen-bond donors (Lipinski definition) is 2. The molecular formula is C11H18N2O. The predicted molar refractivity (Wildman–Crippen MR) is 58.2 cm³/mol. The van der Waals surface area contributed by atoms with Crippen LogP contribution in [0.3, 0.4) is 0 Å². The summed E-state index contributed by atoms with van der Waals surface area (Å²) in [4.78, 5) is 0. The van der Waals surface area contributed by atoms with Crippen molar-refractivity contribution in [1.29, 1.82) is 0 Å². The Bertz CT molecular complexity index is 323. The van der Waals surface area contributed by atoms with Gasteiger partial charge in [0.1, 0.15) is 5.75 Å². The SMILES string of the molecule is COc1c(C)cc(C)cc1C(C)NN. The second-order valence-corrected chi connectivity index (χ2v) is 3.59. The van der Waals surface area contributed by atoms with Crippen molar-refractivity contribution in [3.63, 3.8) is 0 Å². The van der Waals surface area contributed by atoms with Crippen LogP contribution in [-0.4, -0.2) is 7.11 Å². The highest BCUT2D eigenvalue weighted by Gasteiger charge is 2.12. The Morgan fingerprint density at radius 2 is 2.00 bits per heavy atom. The largest absolute Gasteiger partial charge is 0.496 e. The Kier molecular flexibility index (Phi) is 3.49. The quantitative estimate of drug-likeness (QED) is 0.570. The zero-order valence-electron chi connectivity index (χ0n) is 9.22. The van der Waals surface area contributed by atoms with Crippen molar-refractivity contribution in [3.05, 3.63) is 28.8 Å². The monoisotopic (exact) mass is 194 g/mol. The lowest BCUT2D eigenvalue weighted by atomic mass is 10.0. The molecule has 0 heterocycles. The van der Waals surface area contributed by atoms with Crippen molar-refractivity contribution in [1.82, 2.24) is 5.43 Å². The van der Waals surface area contributed by atoms with Gasteiger partial charge in [-0.25, -0.2) is 0 Å². The van der Waals surface area contributed by atoms with E-state index in [0.717, 1.165) is 16.9 Å². The van der Waals surface area contributed by atoms with E-state index < -0.39 is 0 Å². The molecule has 0 radical (unpaired) electrons. The van der Waals surface area contributed by atoms with Gasteiger partial charge in [0, 0.05) is 11.6 Å². The van der Waals surface area contributed by atoms with E-state index in [-0.39, 0.29) is 6.04 Å². The van der Waals surface area contributed by atoms with E-state index in [2.05, 4.69) is 24.5 Å². The molecule has 0 aliphatic rings. The van der Waals surface area contributed by atoms with Crippen LogP contribution in [-0.2, 0) is 0 Å². The van der Waals surface area contributed by atoms with Gasteiger partial charge in [0.25, 0.3) is 0 Å². The van der Waals surface area contributed by atoms with Crippen LogP contribution in [0.25, 0.3) is 0 Å². The number of rotatable bonds is 3. The average molecular weight is 194 g/mol. The number of aryl methyl sites for hydroxylation is 2. The Morgan fingerprint density at radius 3 is 2.50 bits per heavy atom. The molecule has 78 valence electrons. The first kappa shape index (κ1) is 11.0. The predicted octanol–water partition coefficient (Wildman–Crippen LogP) is 1.84. The van der Waals surface area contributed by atoms with Crippen LogP contribution in [0, 0.1) is 13.8 Å². The normalized spacial score (nSPS) is 12.6. The van der Waals surface area contributed by atoms with Gasteiger partial charge in [-0.15, -0.1) is 0 Å². The van der Waals surface area contributed by atoms with Gasteiger partial charge in [0.05, 0.1) is 7.11 Å². The van der Waals surface area contributed by atoms with Gasteiger partial charge >= 0.3 is 0 Å². The van der Waals surface area contributed by atoms with E-state index in [1.807, 2.05) is 13.8 Å². The van der Waals surface area contributed by atoms with Crippen LogP contribution in [0.5, 0.6) is 5.75 Å². The standard InChI is InChI=1S/C11H18N2O/c1-7-5-8(2)11(14-4)10(6-7)9(3)13-12/h5-6,9,13H,12H2,1-4H3. The van der Waals surface area contributed by atoms with Crippen molar-refractivity contribution in [2.75, 3.05) is 7.11 Å². The maximum absolute atomic E-state index is 5.42. The van der Waals surface area contributed by atoms with Gasteiger partial charge in [0.15, 0.2) is 0 Å². The minimum Gasteiger partial charge on any atom is -0.496 e. The molecule has 0 aliphatic heterocycles. The van der Waals surface area contributed by atoms with Crippen LogP contribution in [0.2, 0.25) is 0 Å². The third-order valence-electron chi connectivity index (χ3n) is 2.37. The zero-order valence-corrected chi connectivity index (χ0v) is 9.22. The Hall–Kier alpha value is -1.06. The summed E-state index contributed by atoms with van der Waals surface area (Å²) in [6.45, 7) is 6.12. The summed E-state index contributed by atoms with van der Waals surface area (Å²) in [6, 6.07) is 4.30. The highest BCUT2D eigenvalue weighted by molar-refractivity contribution is 5.45. The number of nitrogens with one attached hydrogen (secondary N) is 1. The molecule has 0 saturated carbocycles. The number of hydrazine groups is 1. The van der Waals surface area contributed by atoms with E-state index in [9.17, 15) is 0 Å². The summed E-state index contributed by atoms with van der Waals surface area (Å²) >= 11 is 0. The topological polar surface area (TPSA) is 47.3 Å². The lowest BCUT2D eigenvalue weighted by Crippen LogP contribution is -2.26. The van der Waals surface area contributed by atoms with Crippen molar-refractivity contribution < 1.29 is 4.74 Å². The molecule has 1 aromatic carbocycles. The molecule has 3 heteroatoms. The minimum atomic E-state index is 0.101. The molecule has 0 fully saturated rings. The third kappa shape index (κ3) is 2.05. The van der Waals surface area contributed by atoms with Crippen molar-refractivity contribution in [2.45, 2.75) is 26.8 Å². The first-order valence-corrected chi connectivity index (χ1v) is 4.71. The Balaban J connectivity index is 3.24. The number of benzene rings is 1. The second-order valence-electron chi connectivity index (χ2n) is 3.59. The molecule has 1 rings (SSSR count). The van der Waals surface area contributed by atoms with Gasteiger partial charge in [-0.3, -0.25) is 11.3 Å². The Morgan fingerprint density at radius 1 is 1.36 bits per heavy atom. The molecule has 14 heavy (non-hydrogen) atoms. The lowest BCUT2D eigenvalue weighted by Gasteiger charge is -2.17. The average Bonchev–Trinajstić information content (AvgIpc) is 2.15. The van der Waals surface area contributed by atoms with Crippen LogP contribution in [0.4, 0.5) is 0 Å². The van der Waals surface area contributed by atoms with Gasteiger partial charge < -0.3 is 4.74 Å². The summed E-state index contributed by atoms with van der Waals surface area (Å²) in [5, 5.41) is 0. The molecule has 1 atom stereocenters. The molecule has 0 bridgehead atoms. The number of ether oxygens (including phenoxy) is 1. The minimum absolute atomic E-state index is 0.101. The molecular weight excluding hydrogens is 176 g/mol. The van der Waals surface area contributed by atoms with Crippen LogP contribution < -0.4 is 16.0 Å². The fourth-order valence-electron chi connectivity index (χ4n) is 1.68. The number of methoxy groups -OCH3 is 1. The number of nitrogens with two attached hydrogens (primary N) is 1. The van der Waals surface area contributed by atoms with E-state index in [1.165, 1.54) is 5.56 Å². The molecule has 0 saturated heterocycles. The molecule has 0 amide bonds. The summed E-state index contributed by atoms with van der Waals surface area (Å²) in [5.41, 5.74) is 6.20. The summed E-state index contributed by atoms with van der Waals surface area (Å²) in [5.74, 6) is 6.34. The van der Waals surface area contributed by atoms with Gasteiger partial charge in [-0.05, 0) is 26.3 Å².